The minimum Gasteiger partial charge on any atom is -0.507 e. The molecule has 1 aliphatic rings. The molecule has 0 saturated heterocycles. The summed E-state index contributed by atoms with van der Waals surface area (Å²) in [7, 11) is 0. The molecule has 0 fully saturated rings. The van der Waals surface area contributed by atoms with Crippen molar-refractivity contribution in [1.82, 2.24) is 4.98 Å². The number of phenolic OH excluding ortho intramolecular Hbond substituents is 1. The monoisotopic (exact) mass is 387 g/mol. The van der Waals surface area contributed by atoms with Gasteiger partial charge in [-0.25, -0.2) is 0 Å². The van der Waals surface area contributed by atoms with E-state index >= 15 is 0 Å². The van der Waals surface area contributed by atoms with Gasteiger partial charge in [-0.2, -0.15) is 0 Å². The van der Waals surface area contributed by atoms with Crippen molar-refractivity contribution in [2.24, 2.45) is 0 Å². The first kappa shape index (κ1) is 20.0. The van der Waals surface area contributed by atoms with Gasteiger partial charge in [0.2, 0.25) is 0 Å². The quantitative estimate of drug-likeness (QED) is 0.690. The zero-order valence-electron chi connectivity index (χ0n) is 17.2. The van der Waals surface area contributed by atoms with E-state index in [1.54, 1.807) is 24.9 Å². The van der Waals surface area contributed by atoms with Crippen LogP contribution in [0, 0.1) is 6.92 Å². The Bertz CT molecular complexity index is 843. The highest BCUT2D eigenvalue weighted by Crippen LogP contribution is 2.49. The van der Waals surface area contributed by atoms with Crippen LogP contribution in [-0.4, -0.2) is 15.2 Å². The third-order valence-electron chi connectivity index (χ3n) is 4.93. The fraction of sp³-hybridized carbons (Fsp3) is 0.500. The molecule has 27 heavy (non-hydrogen) atoms. The van der Waals surface area contributed by atoms with E-state index in [2.05, 4.69) is 46.5 Å². The van der Waals surface area contributed by atoms with Crippen molar-refractivity contribution < 1.29 is 14.9 Å². The predicted octanol–water partition coefficient (Wildman–Crippen LogP) is 5.72. The SMILES string of the molecule is Cc1ncc2c(c1O)C(Sc1cc(C(C)(C)C)c(O)c(C(C)(C)C)c1)OC2. The lowest BCUT2D eigenvalue weighted by Crippen LogP contribution is -2.17. The second-order valence-electron chi connectivity index (χ2n) is 9.26. The number of phenols is 1. The molecule has 1 aromatic heterocycles. The number of nitrogens with zero attached hydrogens (tertiary/aromatic N) is 1. The van der Waals surface area contributed by atoms with Crippen molar-refractivity contribution in [1.29, 1.82) is 0 Å². The Balaban J connectivity index is 2.06. The number of ether oxygens (including phenoxy) is 1. The van der Waals surface area contributed by atoms with Gasteiger partial charge in [0.1, 0.15) is 16.9 Å². The molecule has 0 saturated carbocycles. The first-order valence-corrected chi connectivity index (χ1v) is 10.1. The predicted molar refractivity (Wildman–Crippen MR) is 110 cm³/mol. The topological polar surface area (TPSA) is 62.6 Å². The summed E-state index contributed by atoms with van der Waals surface area (Å²) >= 11 is 1.56. The summed E-state index contributed by atoms with van der Waals surface area (Å²) < 4.78 is 5.94. The van der Waals surface area contributed by atoms with Crippen molar-refractivity contribution >= 4 is 11.8 Å². The number of aryl methyl sites for hydroxylation is 1. The molecule has 2 heterocycles. The molecule has 1 atom stereocenters. The fourth-order valence-corrected chi connectivity index (χ4v) is 4.45. The molecule has 0 radical (unpaired) electrons. The lowest BCUT2D eigenvalue weighted by molar-refractivity contribution is 0.126. The number of benzene rings is 1. The number of thioether (sulfide) groups is 1. The summed E-state index contributed by atoms with van der Waals surface area (Å²) in [5.74, 6) is 0.586. The summed E-state index contributed by atoms with van der Waals surface area (Å²) in [6.45, 7) is 14.9. The van der Waals surface area contributed by atoms with Gasteiger partial charge in [-0.3, -0.25) is 4.98 Å². The smallest absolute Gasteiger partial charge is 0.143 e. The molecule has 2 aromatic rings. The third kappa shape index (κ3) is 3.81. The molecule has 4 nitrogen and oxygen atoms in total. The molecule has 3 rings (SSSR count). The van der Waals surface area contributed by atoms with Gasteiger partial charge in [0, 0.05) is 33.3 Å². The van der Waals surface area contributed by atoms with Crippen LogP contribution in [-0.2, 0) is 22.2 Å². The van der Waals surface area contributed by atoms with Gasteiger partial charge < -0.3 is 14.9 Å². The number of pyridine rings is 1. The highest BCUT2D eigenvalue weighted by atomic mass is 32.2. The fourth-order valence-electron chi connectivity index (χ4n) is 3.32. The second kappa shape index (κ2) is 6.71. The van der Waals surface area contributed by atoms with Crippen LogP contribution in [0.5, 0.6) is 11.5 Å². The zero-order valence-corrected chi connectivity index (χ0v) is 18.0. The molecule has 0 spiro atoms. The molecule has 2 N–H and O–H groups in total. The van der Waals surface area contributed by atoms with Crippen LogP contribution in [0.4, 0.5) is 0 Å². The van der Waals surface area contributed by atoms with E-state index in [1.807, 2.05) is 12.1 Å². The van der Waals surface area contributed by atoms with E-state index in [-0.39, 0.29) is 22.0 Å². The van der Waals surface area contributed by atoms with E-state index in [0.717, 1.165) is 27.1 Å². The maximum absolute atomic E-state index is 10.9. The first-order valence-electron chi connectivity index (χ1n) is 9.23. The molecular weight excluding hydrogens is 358 g/mol. The lowest BCUT2D eigenvalue weighted by Gasteiger charge is -2.28. The summed E-state index contributed by atoms with van der Waals surface area (Å²) in [4.78, 5) is 5.25. The Morgan fingerprint density at radius 1 is 1.00 bits per heavy atom. The van der Waals surface area contributed by atoms with E-state index in [0.29, 0.717) is 18.1 Å². The van der Waals surface area contributed by atoms with E-state index < -0.39 is 0 Å². The van der Waals surface area contributed by atoms with Crippen LogP contribution >= 0.6 is 11.8 Å². The number of aromatic hydroxyl groups is 2. The Hall–Kier alpha value is -1.72. The summed E-state index contributed by atoms with van der Waals surface area (Å²) in [5, 5.41) is 21.4. The number of hydrogen-bond donors (Lipinski definition) is 2. The maximum Gasteiger partial charge on any atom is 0.143 e. The summed E-state index contributed by atoms with van der Waals surface area (Å²) in [6.07, 6.45) is 1.78. The molecule has 146 valence electrons. The Labute approximate surface area is 166 Å². The zero-order chi connectivity index (χ0) is 20.1. The molecule has 0 aliphatic carbocycles. The van der Waals surface area contributed by atoms with Crippen LogP contribution in [0.1, 0.15) is 74.9 Å². The molecule has 1 unspecified atom stereocenters. The standard InChI is InChI=1S/C22H29NO3S/c1-12-18(24)17-13(10-23-12)11-26-20(17)27-14-8-15(21(2,3)4)19(25)16(9-14)22(5,6)7/h8-10,20,24-25H,11H2,1-7H3. The van der Waals surface area contributed by atoms with Crippen LogP contribution < -0.4 is 0 Å². The van der Waals surface area contributed by atoms with Gasteiger partial charge >= 0.3 is 0 Å². The molecular formula is C22H29NO3S. The van der Waals surface area contributed by atoms with Crippen molar-refractivity contribution in [3.63, 3.8) is 0 Å². The molecule has 0 amide bonds. The van der Waals surface area contributed by atoms with Crippen LogP contribution in [0.15, 0.2) is 23.2 Å². The van der Waals surface area contributed by atoms with Gasteiger partial charge in [0.25, 0.3) is 0 Å². The van der Waals surface area contributed by atoms with Crippen molar-refractivity contribution in [3.8, 4) is 11.5 Å². The van der Waals surface area contributed by atoms with Gasteiger partial charge in [0.15, 0.2) is 0 Å². The van der Waals surface area contributed by atoms with E-state index in [4.69, 9.17) is 4.74 Å². The molecule has 1 aliphatic heterocycles. The highest BCUT2D eigenvalue weighted by molar-refractivity contribution is 7.99. The highest BCUT2D eigenvalue weighted by Gasteiger charge is 2.31. The summed E-state index contributed by atoms with van der Waals surface area (Å²) in [5.41, 5.74) is 3.55. The minimum absolute atomic E-state index is 0.183. The molecule has 1 aromatic carbocycles. The Kier molecular flexibility index (Phi) is 4.98. The van der Waals surface area contributed by atoms with E-state index in [9.17, 15) is 10.2 Å². The Morgan fingerprint density at radius 2 is 1.56 bits per heavy atom. The van der Waals surface area contributed by atoms with E-state index in [1.165, 1.54) is 0 Å². The Morgan fingerprint density at radius 3 is 2.07 bits per heavy atom. The van der Waals surface area contributed by atoms with Crippen LogP contribution in [0.3, 0.4) is 0 Å². The minimum atomic E-state index is -0.285. The summed E-state index contributed by atoms with van der Waals surface area (Å²) in [6, 6.07) is 4.09. The van der Waals surface area contributed by atoms with Crippen molar-refractivity contribution in [2.45, 2.75) is 76.2 Å². The number of aromatic nitrogens is 1. The van der Waals surface area contributed by atoms with Crippen LogP contribution in [0.25, 0.3) is 0 Å². The van der Waals surface area contributed by atoms with Crippen molar-refractivity contribution in [3.05, 3.63) is 46.3 Å². The lowest BCUT2D eigenvalue weighted by atomic mass is 9.79. The van der Waals surface area contributed by atoms with Gasteiger partial charge in [-0.05, 0) is 29.9 Å². The maximum atomic E-state index is 10.9. The largest absolute Gasteiger partial charge is 0.507 e. The molecule has 5 heteroatoms. The average Bonchev–Trinajstić information content (AvgIpc) is 2.94. The van der Waals surface area contributed by atoms with Gasteiger partial charge in [-0.15, -0.1) is 0 Å². The van der Waals surface area contributed by atoms with Gasteiger partial charge in [0.05, 0.1) is 12.3 Å². The normalized spacial score (nSPS) is 17.2. The first-order chi connectivity index (χ1) is 12.4. The second-order valence-corrected chi connectivity index (χ2v) is 10.4. The third-order valence-corrected chi connectivity index (χ3v) is 6.02. The molecule has 0 bridgehead atoms. The average molecular weight is 388 g/mol. The number of hydrogen-bond acceptors (Lipinski definition) is 5. The number of fused-ring (bicyclic) bond motifs is 1. The number of rotatable bonds is 2. The van der Waals surface area contributed by atoms with Gasteiger partial charge in [-0.1, -0.05) is 53.3 Å². The van der Waals surface area contributed by atoms with Crippen LogP contribution in [0.2, 0.25) is 0 Å². The van der Waals surface area contributed by atoms with Crippen molar-refractivity contribution in [2.75, 3.05) is 0 Å².